The summed E-state index contributed by atoms with van der Waals surface area (Å²) in [4.78, 5) is 28.8. The van der Waals surface area contributed by atoms with Crippen LogP contribution in [0.15, 0.2) is 48.8 Å². The van der Waals surface area contributed by atoms with Gasteiger partial charge in [0, 0.05) is 35.3 Å². The summed E-state index contributed by atoms with van der Waals surface area (Å²) in [7, 11) is 0. The lowest BCUT2D eigenvalue weighted by Gasteiger charge is -2.08. The van der Waals surface area contributed by atoms with Gasteiger partial charge in [0.05, 0.1) is 15.4 Å². The Bertz CT molecular complexity index is 928. The topological polar surface area (TPSA) is 124 Å². The summed E-state index contributed by atoms with van der Waals surface area (Å²) in [5.41, 5.74) is 0.818. The molecule has 0 unspecified atom stereocenters. The first kappa shape index (κ1) is 14.3. The van der Waals surface area contributed by atoms with Gasteiger partial charge in [-0.05, 0) is 12.1 Å². The Kier molecular flexibility index (Phi) is 3.51. The Morgan fingerprint density at radius 1 is 0.913 bits per heavy atom. The number of fused-ring (bicyclic) bond motifs is 1. The molecule has 2 aromatic carbocycles. The van der Waals surface area contributed by atoms with E-state index in [0.717, 1.165) is 0 Å². The van der Waals surface area contributed by atoms with Gasteiger partial charge >= 0.3 is 0 Å². The van der Waals surface area contributed by atoms with Gasteiger partial charge in [0.1, 0.15) is 12.1 Å². The molecular weight excluding hydrogens is 302 g/mol. The minimum atomic E-state index is -0.510. The zero-order chi connectivity index (χ0) is 16.4. The van der Waals surface area contributed by atoms with Crippen molar-refractivity contribution in [3.63, 3.8) is 0 Å². The second kappa shape index (κ2) is 5.64. The Hall–Kier alpha value is -3.62. The quantitative estimate of drug-likeness (QED) is 0.579. The average Bonchev–Trinajstić information content (AvgIpc) is 2.55. The van der Waals surface area contributed by atoms with Gasteiger partial charge in [0.25, 0.3) is 11.4 Å². The number of hydrogen-bond donors (Lipinski definition) is 1. The molecule has 1 aromatic heterocycles. The maximum Gasteiger partial charge on any atom is 0.271 e. The van der Waals surface area contributed by atoms with E-state index in [1.807, 2.05) is 0 Å². The third-order valence-electron chi connectivity index (χ3n) is 3.15. The summed E-state index contributed by atoms with van der Waals surface area (Å²) >= 11 is 0. The van der Waals surface area contributed by atoms with Gasteiger partial charge < -0.3 is 5.32 Å². The minimum absolute atomic E-state index is 0.0701. The van der Waals surface area contributed by atoms with E-state index >= 15 is 0 Å². The lowest BCUT2D eigenvalue weighted by atomic mass is 10.2. The summed E-state index contributed by atoms with van der Waals surface area (Å²) in [5, 5.41) is 25.1. The second-order valence-electron chi connectivity index (χ2n) is 4.61. The van der Waals surface area contributed by atoms with E-state index in [4.69, 9.17) is 0 Å². The predicted molar refractivity (Wildman–Crippen MR) is 82.6 cm³/mol. The van der Waals surface area contributed by atoms with Gasteiger partial charge in [-0.2, -0.15) is 0 Å². The maximum absolute atomic E-state index is 10.9. The van der Waals surface area contributed by atoms with Gasteiger partial charge in [-0.25, -0.2) is 9.97 Å². The molecule has 9 heteroatoms. The van der Waals surface area contributed by atoms with E-state index < -0.39 is 9.85 Å². The molecule has 0 aliphatic heterocycles. The Balaban J connectivity index is 2.05. The van der Waals surface area contributed by atoms with Gasteiger partial charge in [-0.1, -0.05) is 6.07 Å². The molecule has 3 rings (SSSR count). The van der Waals surface area contributed by atoms with Crippen LogP contribution in [0.25, 0.3) is 10.9 Å². The van der Waals surface area contributed by atoms with Crippen LogP contribution >= 0.6 is 0 Å². The van der Waals surface area contributed by atoms with Crippen molar-refractivity contribution in [1.82, 2.24) is 9.97 Å². The van der Waals surface area contributed by atoms with Crippen molar-refractivity contribution in [2.75, 3.05) is 5.32 Å². The van der Waals surface area contributed by atoms with Crippen molar-refractivity contribution < 1.29 is 9.85 Å². The van der Waals surface area contributed by atoms with Crippen LogP contribution in [0.3, 0.4) is 0 Å². The third kappa shape index (κ3) is 2.88. The SMILES string of the molecule is O=[N+]([O-])c1cccc(Nc2ncnc3ccc([N+](=O)[O-])cc23)c1. The van der Waals surface area contributed by atoms with Crippen LogP contribution in [0.2, 0.25) is 0 Å². The van der Waals surface area contributed by atoms with E-state index in [0.29, 0.717) is 22.4 Å². The van der Waals surface area contributed by atoms with Crippen LogP contribution in [-0.2, 0) is 0 Å². The first-order chi connectivity index (χ1) is 11.0. The number of benzene rings is 2. The highest BCUT2D eigenvalue weighted by molar-refractivity contribution is 5.92. The standard InChI is InChI=1S/C14H9N5O4/c20-18(21)10-3-1-2-9(6-10)17-14-12-7-11(19(22)23)4-5-13(12)15-8-16-14/h1-8H,(H,15,16,17). The fraction of sp³-hybridized carbons (Fsp3) is 0. The number of nitrogens with zero attached hydrogens (tertiary/aromatic N) is 4. The van der Waals surface area contributed by atoms with Crippen molar-refractivity contribution in [1.29, 1.82) is 0 Å². The molecule has 3 aromatic rings. The number of nitrogens with one attached hydrogen (secondary N) is 1. The van der Waals surface area contributed by atoms with E-state index in [2.05, 4.69) is 15.3 Å². The molecule has 0 amide bonds. The van der Waals surface area contributed by atoms with Crippen LogP contribution in [0, 0.1) is 20.2 Å². The van der Waals surface area contributed by atoms with E-state index in [-0.39, 0.29) is 11.4 Å². The second-order valence-corrected chi connectivity index (χ2v) is 4.61. The summed E-state index contributed by atoms with van der Waals surface area (Å²) < 4.78 is 0. The number of rotatable bonds is 4. The van der Waals surface area contributed by atoms with E-state index in [1.165, 1.54) is 42.7 Å². The van der Waals surface area contributed by atoms with Crippen LogP contribution in [0.5, 0.6) is 0 Å². The highest BCUT2D eigenvalue weighted by Crippen LogP contribution is 2.27. The molecule has 0 radical (unpaired) electrons. The Morgan fingerprint density at radius 3 is 2.39 bits per heavy atom. The zero-order valence-corrected chi connectivity index (χ0v) is 11.5. The Morgan fingerprint density at radius 2 is 1.65 bits per heavy atom. The molecule has 0 aliphatic rings. The average molecular weight is 311 g/mol. The number of aromatic nitrogens is 2. The molecule has 0 atom stereocenters. The van der Waals surface area contributed by atoms with Crippen LogP contribution in [0.4, 0.5) is 22.9 Å². The first-order valence-corrected chi connectivity index (χ1v) is 6.45. The smallest absolute Gasteiger partial charge is 0.271 e. The fourth-order valence-corrected chi connectivity index (χ4v) is 2.09. The molecule has 9 nitrogen and oxygen atoms in total. The largest absolute Gasteiger partial charge is 0.339 e. The molecule has 114 valence electrons. The van der Waals surface area contributed by atoms with Crippen LogP contribution < -0.4 is 5.32 Å². The lowest BCUT2D eigenvalue weighted by Crippen LogP contribution is -1.98. The van der Waals surface area contributed by atoms with Gasteiger partial charge in [-0.3, -0.25) is 20.2 Å². The van der Waals surface area contributed by atoms with Crippen molar-refractivity contribution in [3.8, 4) is 0 Å². The van der Waals surface area contributed by atoms with Gasteiger partial charge in [0.15, 0.2) is 0 Å². The predicted octanol–water partition coefficient (Wildman–Crippen LogP) is 3.19. The fourth-order valence-electron chi connectivity index (χ4n) is 2.09. The molecule has 0 aliphatic carbocycles. The highest BCUT2D eigenvalue weighted by atomic mass is 16.6. The molecular formula is C14H9N5O4. The summed E-state index contributed by atoms with van der Waals surface area (Å²) in [6, 6.07) is 10.1. The van der Waals surface area contributed by atoms with Gasteiger partial charge in [-0.15, -0.1) is 0 Å². The minimum Gasteiger partial charge on any atom is -0.339 e. The molecule has 0 spiro atoms. The Labute approximate surface area is 128 Å². The number of anilines is 2. The third-order valence-corrected chi connectivity index (χ3v) is 3.15. The van der Waals surface area contributed by atoms with Crippen molar-refractivity contribution >= 4 is 33.8 Å². The van der Waals surface area contributed by atoms with Gasteiger partial charge in [0.2, 0.25) is 0 Å². The summed E-state index contributed by atoms with van der Waals surface area (Å²) in [5.74, 6) is 0.333. The molecule has 1 N–H and O–H groups in total. The molecule has 23 heavy (non-hydrogen) atoms. The maximum atomic E-state index is 10.9. The number of non-ortho nitro benzene ring substituents is 2. The van der Waals surface area contributed by atoms with Crippen molar-refractivity contribution in [2.24, 2.45) is 0 Å². The summed E-state index contributed by atoms with van der Waals surface area (Å²) in [6.45, 7) is 0. The normalized spacial score (nSPS) is 10.4. The molecule has 0 bridgehead atoms. The lowest BCUT2D eigenvalue weighted by molar-refractivity contribution is -0.384. The number of hydrogen-bond acceptors (Lipinski definition) is 7. The summed E-state index contributed by atoms with van der Waals surface area (Å²) in [6.07, 6.45) is 1.31. The highest BCUT2D eigenvalue weighted by Gasteiger charge is 2.12. The van der Waals surface area contributed by atoms with Crippen molar-refractivity contribution in [3.05, 3.63) is 69.0 Å². The molecule has 0 saturated carbocycles. The van der Waals surface area contributed by atoms with Crippen LogP contribution in [-0.4, -0.2) is 19.8 Å². The number of nitro benzene ring substituents is 2. The number of nitro groups is 2. The monoisotopic (exact) mass is 311 g/mol. The molecule has 0 fully saturated rings. The molecule has 0 saturated heterocycles. The molecule has 1 heterocycles. The van der Waals surface area contributed by atoms with Crippen LogP contribution in [0.1, 0.15) is 0 Å². The van der Waals surface area contributed by atoms with E-state index in [9.17, 15) is 20.2 Å². The first-order valence-electron chi connectivity index (χ1n) is 6.45. The van der Waals surface area contributed by atoms with E-state index in [1.54, 1.807) is 6.07 Å². The zero-order valence-electron chi connectivity index (χ0n) is 11.5. The van der Waals surface area contributed by atoms with Crippen molar-refractivity contribution in [2.45, 2.75) is 0 Å².